The number of likely N-dealkylation sites (tertiary alicyclic amines) is 1. The Kier molecular flexibility index (Phi) is 2.04. The van der Waals surface area contributed by atoms with Gasteiger partial charge in [0.1, 0.15) is 6.61 Å². The minimum atomic E-state index is -0.380. The van der Waals surface area contributed by atoms with Crippen molar-refractivity contribution in [3.05, 3.63) is 18.5 Å². The third kappa shape index (κ3) is 1.28. The Balaban J connectivity index is 1.73. The molecular formula is C11H14N3O2. The summed E-state index contributed by atoms with van der Waals surface area (Å²) in [6.45, 7) is 1.09. The van der Waals surface area contributed by atoms with Gasteiger partial charge in [-0.15, -0.1) is 0 Å². The lowest BCUT2D eigenvalue weighted by Gasteiger charge is -2.31. The number of hydrogen-bond acceptors (Lipinski definition) is 3. The van der Waals surface area contributed by atoms with Crippen molar-refractivity contribution in [3.8, 4) is 0 Å². The number of aliphatic hydroxyl groups is 1. The molecule has 0 bridgehead atoms. The first kappa shape index (κ1) is 9.84. The highest BCUT2D eigenvalue weighted by Crippen LogP contribution is 2.55. The Morgan fingerprint density at radius 1 is 1.69 bits per heavy atom. The van der Waals surface area contributed by atoms with Gasteiger partial charge in [-0.2, -0.15) is 5.10 Å². The maximum absolute atomic E-state index is 11.4. The van der Waals surface area contributed by atoms with Crippen LogP contribution in [-0.2, 0) is 10.3 Å². The van der Waals surface area contributed by atoms with E-state index in [4.69, 9.17) is 5.11 Å². The molecule has 0 aromatic carbocycles. The molecule has 1 amide bonds. The molecule has 1 saturated carbocycles. The van der Waals surface area contributed by atoms with Crippen molar-refractivity contribution >= 4 is 5.91 Å². The SMILES string of the molecule is O=C(CO)N1CCC2(n3c[c]cn3)CC2C1. The van der Waals surface area contributed by atoms with Crippen LogP contribution in [0.15, 0.2) is 12.4 Å². The summed E-state index contributed by atoms with van der Waals surface area (Å²) in [5.74, 6) is 0.331. The van der Waals surface area contributed by atoms with Crippen LogP contribution in [0.4, 0.5) is 0 Å². The predicted molar refractivity (Wildman–Crippen MR) is 55.4 cm³/mol. The molecule has 2 fully saturated rings. The molecule has 1 radical (unpaired) electrons. The normalized spacial score (nSPS) is 32.3. The van der Waals surface area contributed by atoms with Crippen LogP contribution in [0.1, 0.15) is 12.8 Å². The number of piperidine rings is 1. The van der Waals surface area contributed by atoms with Crippen LogP contribution in [-0.4, -0.2) is 45.4 Å². The quantitative estimate of drug-likeness (QED) is 0.739. The van der Waals surface area contributed by atoms with E-state index in [0.717, 1.165) is 25.9 Å². The molecule has 2 unspecified atom stereocenters. The summed E-state index contributed by atoms with van der Waals surface area (Å²) < 4.78 is 1.98. The van der Waals surface area contributed by atoms with Crippen LogP contribution in [0.3, 0.4) is 0 Å². The summed E-state index contributed by atoms with van der Waals surface area (Å²) in [7, 11) is 0. The van der Waals surface area contributed by atoms with Crippen LogP contribution >= 0.6 is 0 Å². The van der Waals surface area contributed by atoms with Crippen molar-refractivity contribution in [2.45, 2.75) is 18.4 Å². The average molecular weight is 220 g/mol. The first-order chi connectivity index (χ1) is 7.76. The molecule has 1 aromatic heterocycles. The van der Waals surface area contributed by atoms with Crippen LogP contribution in [0.5, 0.6) is 0 Å². The number of hydrogen-bond donors (Lipinski definition) is 1. The van der Waals surface area contributed by atoms with Crippen molar-refractivity contribution in [1.29, 1.82) is 0 Å². The maximum atomic E-state index is 11.4. The van der Waals surface area contributed by atoms with Crippen LogP contribution < -0.4 is 0 Å². The standard InChI is InChI=1S/C11H14N3O2/c15-8-10(16)13-5-2-11(6-9(11)7-13)14-4-1-3-12-14/h3-4,9,15H,2,5-8H2. The Labute approximate surface area is 93.7 Å². The first-order valence-electron chi connectivity index (χ1n) is 5.56. The molecule has 0 spiro atoms. The molecule has 5 heteroatoms. The Morgan fingerprint density at radius 2 is 2.56 bits per heavy atom. The molecular weight excluding hydrogens is 206 g/mol. The fourth-order valence-electron chi connectivity index (χ4n) is 2.79. The molecule has 1 saturated heterocycles. The lowest BCUT2D eigenvalue weighted by Crippen LogP contribution is -2.43. The highest BCUT2D eigenvalue weighted by atomic mass is 16.3. The summed E-state index contributed by atoms with van der Waals surface area (Å²) >= 11 is 0. The predicted octanol–water partition coefficient (Wildman–Crippen LogP) is -0.377. The molecule has 1 N–H and O–H groups in total. The van der Waals surface area contributed by atoms with E-state index in [0.29, 0.717) is 5.92 Å². The maximum Gasteiger partial charge on any atom is 0.248 e. The highest BCUT2D eigenvalue weighted by molar-refractivity contribution is 5.77. The molecule has 3 rings (SSSR count). The van der Waals surface area contributed by atoms with Crippen molar-refractivity contribution in [2.24, 2.45) is 5.92 Å². The Morgan fingerprint density at radius 3 is 3.19 bits per heavy atom. The smallest absolute Gasteiger partial charge is 0.248 e. The second-order valence-electron chi connectivity index (χ2n) is 4.64. The molecule has 16 heavy (non-hydrogen) atoms. The van der Waals surface area contributed by atoms with Gasteiger partial charge in [-0.05, 0) is 12.8 Å². The zero-order chi connectivity index (χ0) is 11.2. The number of aliphatic hydroxyl groups excluding tert-OH is 1. The molecule has 5 nitrogen and oxygen atoms in total. The number of nitrogens with zero attached hydrogens (tertiary/aromatic N) is 3. The number of aromatic nitrogens is 2. The van der Waals surface area contributed by atoms with Gasteiger partial charge in [0.2, 0.25) is 5.91 Å². The van der Waals surface area contributed by atoms with E-state index in [2.05, 4.69) is 11.2 Å². The summed E-state index contributed by atoms with van der Waals surface area (Å²) in [6.07, 6.45) is 5.57. The van der Waals surface area contributed by atoms with Crippen LogP contribution in [0.25, 0.3) is 0 Å². The highest BCUT2D eigenvalue weighted by Gasteiger charge is 2.59. The second kappa shape index (κ2) is 3.31. The monoisotopic (exact) mass is 220 g/mol. The topological polar surface area (TPSA) is 58.4 Å². The van der Waals surface area contributed by atoms with Gasteiger partial charge < -0.3 is 10.0 Å². The van der Waals surface area contributed by atoms with E-state index in [-0.39, 0.29) is 18.1 Å². The van der Waals surface area contributed by atoms with Gasteiger partial charge in [0.05, 0.1) is 11.7 Å². The van der Waals surface area contributed by atoms with Crippen molar-refractivity contribution < 1.29 is 9.90 Å². The minimum Gasteiger partial charge on any atom is -0.387 e. The number of carbonyl (C=O) groups is 1. The van der Waals surface area contributed by atoms with E-state index in [1.54, 1.807) is 11.1 Å². The average Bonchev–Trinajstić information content (AvgIpc) is 2.79. The lowest BCUT2D eigenvalue weighted by molar-refractivity contribution is -0.135. The fourth-order valence-corrected chi connectivity index (χ4v) is 2.79. The van der Waals surface area contributed by atoms with Gasteiger partial charge in [0.15, 0.2) is 0 Å². The van der Waals surface area contributed by atoms with E-state index >= 15 is 0 Å². The summed E-state index contributed by atoms with van der Waals surface area (Å²) in [5.41, 5.74) is 0.131. The molecule has 1 aromatic rings. The molecule has 1 aliphatic heterocycles. The van der Waals surface area contributed by atoms with Crippen molar-refractivity contribution in [1.82, 2.24) is 14.7 Å². The van der Waals surface area contributed by atoms with E-state index in [9.17, 15) is 4.79 Å². The van der Waals surface area contributed by atoms with E-state index in [1.807, 2.05) is 10.9 Å². The summed E-state index contributed by atoms with van der Waals surface area (Å²) in [6, 6.07) is 2.96. The van der Waals surface area contributed by atoms with Crippen LogP contribution in [0, 0.1) is 12.0 Å². The molecule has 1 aliphatic carbocycles. The number of amides is 1. The largest absolute Gasteiger partial charge is 0.387 e. The minimum absolute atomic E-state index is 0.131. The van der Waals surface area contributed by atoms with Gasteiger partial charge >= 0.3 is 0 Å². The lowest BCUT2D eigenvalue weighted by atomic mass is 10.0. The number of rotatable bonds is 2. The van der Waals surface area contributed by atoms with Gasteiger partial charge in [-0.3, -0.25) is 9.48 Å². The Hall–Kier alpha value is -1.36. The summed E-state index contributed by atoms with van der Waals surface area (Å²) in [5, 5.41) is 13.1. The van der Waals surface area contributed by atoms with Gasteiger partial charge in [-0.1, -0.05) is 0 Å². The van der Waals surface area contributed by atoms with Gasteiger partial charge in [0, 0.05) is 31.3 Å². The van der Waals surface area contributed by atoms with Crippen LogP contribution in [0.2, 0.25) is 0 Å². The third-order valence-corrected chi connectivity index (χ3v) is 3.85. The first-order valence-corrected chi connectivity index (χ1v) is 5.56. The zero-order valence-corrected chi connectivity index (χ0v) is 8.96. The fraction of sp³-hybridized carbons (Fsp3) is 0.636. The van der Waals surface area contributed by atoms with E-state index < -0.39 is 0 Å². The zero-order valence-electron chi connectivity index (χ0n) is 8.96. The van der Waals surface area contributed by atoms with Crippen molar-refractivity contribution in [3.63, 3.8) is 0 Å². The molecule has 2 heterocycles. The molecule has 85 valence electrons. The van der Waals surface area contributed by atoms with Crippen molar-refractivity contribution in [2.75, 3.05) is 19.7 Å². The second-order valence-corrected chi connectivity index (χ2v) is 4.64. The Bertz CT molecular complexity index is 403. The number of fused-ring (bicyclic) bond motifs is 1. The molecule has 2 aliphatic rings. The van der Waals surface area contributed by atoms with E-state index in [1.165, 1.54) is 0 Å². The number of carbonyl (C=O) groups excluding carboxylic acids is 1. The van der Waals surface area contributed by atoms with Gasteiger partial charge in [-0.25, -0.2) is 0 Å². The van der Waals surface area contributed by atoms with Gasteiger partial charge in [0.25, 0.3) is 0 Å². The third-order valence-electron chi connectivity index (χ3n) is 3.85. The summed E-state index contributed by atoms with van der Waals surface area (Å²) in [4.78, 5) is 13.1. The molecule has 2 atom stereocenters.